The molecule has 1 N–H and O–H groups in total. The van der Waals surface area contributed by atoms with E-state index >= 15 is 0 Å². The predicted molar refractivity (Wildman–Crippen MR) is 75.7 cm³/mol. The summed E-state index contributed by atoms with van der Waals surface area (Å²) in [6.07, 6.45) is 1.19. The van der Waals surface area contributed by atoms with E-state index in [-0.39, 0.29) is 0 Å². The molecule has 0 saturated carbocycles. The first kappa shape index (κ1) is 14.5. The van der Waals surface area contributed by atoms with Gasteiger partial charge in [-0.15, -0.1) is 0 Å². The van der Waals surface area contributed by atoms with Gasteiger partial charge >= 0.3 is 0 Å². The fraction of sp³-hybridized carbons (Fsp3) is 0.571. The SMILES string of the molecule is CCCNCCN(C)Cc1ccc(C)c(Cl)c1. The minimum atomic E-state index is 0.861. The zero-order valence-electron chi connectivity index (χ0n) is 11.1. The summed E-state index contributed by atoms with van der Waals surface area (Å²) in [5.41, 5.74) is 2.42. The van der Waals surface area contributed by atoms with Crippen LogP contribution in [0, 0.1) is 6.92 Å². The summed E-state index contributed by atoms with van der Waals surface area (Å²) >= 11 is 6.11. The first-order valence-corrected chi connectivity index (χ1v) is 6.65. The van der Waals surface area contributed by atoms with Gasteiger partial charge in [-0.25, -0.2) is 0 Å². The zero-order valence-corrected chi connectivity index (χ0v) is 11.8. The fourth-order valence-electron chi connectivity index (χ4n) is 1.70. The third-order valence-electron chi connectivity index (χ3n) is 2.79. The third-order valence-corrected chi connectivity index (χ3v) is 3.19. The molecule has 1 aromatic rings. The van der Waals surface area contributed by atoms with Crippen LogP contribution in [0.3, 0.4) is 0 Å². The number of hydrogen-bond acceptors (Lipinski definition) is 2. The number of nitrogens with one attached hydrogen (secondary N) is 1. The molecule has 0 amide bonds. The lowest BCUT2D eigenvalue weighted by molar-refractivity contribution is 0.324. The Bertz CT molecular complexity index is 339. The Morgan fingerprint density at radius 2 is 2.06 bits per heavy atom. The molecule has 0 fully saturated rings. The molecule has 2 nitrogen and oxygen atoms in total. The van der Waals surface area contributed by atoms with Crippen LogP contribution in [0.2, 0.25) is 5.02 Å². The summed E-state index contributed by atoms with van der Waals surface area (Å²) < 4.78 is 0. The lowest BCUT2D eigenvalue weighted by Gasteiger charge is -2.17. The van der Waals surface area contributed by atoms with Gasteiger partial charge in [0.25, 0.3) is 0 Å². The molecule has 0 atom stereocenters. The summed E-state index contributed by atoms with van der Waals surface area (Å²) in [7, 11) is 2.14. The van der Waals surface area contributed by atoms with Crippen LogP contribution in [-0.4, -0.2) is 31.6 Å². The Labute approximate surface area is 110 Å². The molecule has 0 bridgehead atoms. The molecule has 96 valence electrons. The quantitative estimate of drug-likeness (QED) is 0.753. The van der Waals surface area contributed by atoms with E-state index in [1.54, 1.807) is 0 Å². The number of rotatable bonds is 7. The predicted octanol–water partition coefficient (Wildman–Crippen LogP) is 3.08. The molecule has 1 rings (SSSR count). The van der Waals surface area contributed by atoms with Gasteiger partial charge in [0.2, 0.25) is 0 Å². The summed E-state index contributed by atoms with van der Waals surface area (Å²) in [5.74, 6) is 0. The van der Waals surface area contributed by atoms with Crippen LogP contribution in [0.15, 0.2) is 18.2 Å². The van der Waals surface area contributed by atoms with Gasteiger partial charge in [-0.3, -0.25) is 0 Å². The molecule has 0 saturated heterocycles. The lowest BCUT2D eigenvalue weighted by Crippen LogP contribution is -2.29. The average Bonchev–Trinajstić information content (AvgIpc) is 2.30. The largest absolute Gasteiger partial charge is 0.315 e. The molecule has 1 aromatic carbocycles. The number of hydrogen-bond donors (Lipinski definition) is 1. The third kappa shape index (κ3) is 5.53. The first-order chi connectivity index (χ1) is 8.13. The Kier molecular flexibility index (Phi) is 6.56. The molecular weight excluding hydrogens is 232 g/mol. The van der Waals surface area contributed by atoms with Crippen molar-refractivity contribution in [1.29, 1.82) is 0 Å². The average molecular weight is 255 g/mol. The van der Waals surface area contributed by atoms with Crippen LogP contribution in [0.5, 0.6) is 0 Å². The summed E-state index contributed by atoms with van der Waals surface area (Å²) in [5, 5.41) is 4.27. The van der Waals surface area contributed by atoms with Crippen molar-refractivity contribution in [2.75, 3.05) is 26.7 Å². The molecule has 0 aliphatic carbocycles. The van der Waals surface area contributed by atoms with Gasteiger partial charge < -0.3 is 10.2 Å². The van der Waals surface area contributed by atoms with Crippen LogP contribution >= 0.6 is 11.6 Å². The van der Waals surface area contributed by atoms with E-state index in [0.717, 1.165) is 36.8 Å². The van der Waals surface area contributed by atoms with E-state index in [1.807, 2.05) is 6.92 Å². The van der Waals surface area contributed by atoms with Crippen LogP contribution in [0.4, 0.5) is 0 Å². The van der Waals surface area contributed by atoms with E-state index in [2.05, 4.69) is 42.4 Å². The topological polar surface area (TPSA) is 15.3 Å². The van der Waals surface area contributed by atoms with Crippen molar-refractivity contribution in [1.82, 2.24) is 10.2 Å². The number of nitrogens with zero attached hydrogens (tertiary/aromatic N) is 1. The molecular formula is C14H23ClN2. The standard InChI is InChI=1S/C14H23ClN2/c1-4-7-16-8-9-17(3)11-13-6-5-12(2)14(15)10-13/h5-6,10,16H,4,7-9,11H2,1-3H3. The zero-order chi connectivity index (χ0) is 12.7. The minimum absolute atomic E-state index is 0.861. The Hall–Kier alpha value is -0.570. The summed E-state index contributed by atoms with van der Waals surface area (Å²) in [6.45, 7) is 8.38. The monoisotopic (exact) mass is 254 g/mol. The van der Waals surface area contributed by atoms with Gasteiger partial charge in [0.1, 0.15) is 0 Å². The highest BCUT2D eigenvalue weighted by Gasteiger charge is 2.02. The van der Waals surface area contributed by atoms with Crippen LogP contribution in [0.1, 0.15) is 24.5 Å². The highest BCUT2D eigenvalue weighted by atomic mass is 35.5. The molecule has 0 radical (unpaired) electrons. The maximum absolute atomic E-state index is 6.11. The maximum Gasteiger partial charge on any atom is 0.0438 e. The number of benzene rings is 1. The van der Waals surface area contributed by atoms with Crippen molar-refractivity contribution < 1.29 is 0 Å². The molecule has 3 heteroatoms. The van der Waals surface area contributed by atoms with E-state index in [4.69, 9.17) is 11.6 Å². The summed E-state index contributed by atoms with van der Waals surface area (Å²) in [6, 6.07) is 6.30. The van der Waals surface area contributed by atoms with Crippen LogP contribution in [-0.2, 0) is 6.54 Å². The molecule has 0 heterocycles. The van der Waals surface area contributed by atoms with Crippen LogP contribution < -0.4 is 5.32 Å². The highest BCUT2D eigenvalue weighted by Crippen LogP contribution is 2.17. The van der Waals surface area contributed by atoms with E-state index in [9.17, 15) is 0 Å². The second-order valence-electron chi connectivity index (χ2n) is 4.57. The van der Waals surface area contributed by atoms with Gasteiger partial charge in [-0.05, 0) is 44.1 Å². The van der Waals surface area contributed by atoms with Crippen molar-refractivity contribution in [3.63, 3.8) is 0 Å². The number of halogens is 1. The number of aryl methyl sites for hydroxylation is 1. The smallest absolute Gasteiger partial charge is 0.0438 e. The van der Waals surface area contributed by atoms with Crippen LogP contribution in [0.25, 0.3) is 0 Å². The van der Waals surface area contributed by atoms with Gasteiger partial charge in [0.15, 0.2) is 0 Å². The molecule has 17 heavy (non-hydrogen) atoms. The molecule has 0 aliphatic rings. The first-order valence-electron chi connectivity index (χ1n) is 6.27. The van der Waals surface area contributed by atoms with Crippen molar-refractivity contribution >= 4 is 11.6 Å². The Balaban J connectivity index is 2.34. The number of likely N-dealkylation sites (N-methyl/N-ethyl adjacent to an activating group) is 1. The lowest BCUT2D eigenvalue weighted by atomic mass is 10.1. The second-order valence-corrected chi connectivity index (χ2v) is 4.98. The van der Waals surface area contributed by atoms with Crippen molar-refractivity contribution in [2.45, 2.75) is 26.8 Å². The van der Waals surface area contributed by atoms with Gasteiger partial charge in [-0.1, -0.05) is 30.7 Å². The molecule has 0 unspecified atom stereocenters. The fourth-order valence-corrected chi connectivity index (χ4v) is 1.90. The van der Waals surface area contributed by atoms with E-state index in [1.165, 1.54) is 12.0 Å². The second kappa shape index (κ2) is 7.70. The minimum Gasteiger partial charge on any atom is -0.315 e. The maximum atomic E-state index is 6.11. The van der Waals surface area contributed by atoms with E-state index in [0.29, 0.717) is 0 Å². The van der Waals surface area contributed by atoms with Gasteiger partial charge in [0.05, 0.1) is 0 Å². The molecule has 0 aliphatic heterocycles. The Morgan fingerprint density at radius 1 is 1.29 bits per heavy atom. The normalized spacial score (nSPS) is 11.1. The Morgan fingerprint density at radius 3 is 2.71 bits per heavy atom. The highest BCUT2D eigenvalue weighted by molar-refractivity contribution is 6.31. The molecule has 0 aromatic heterocycles. The van der Waals surface area contributed by atoms with Crippen molar-refractivity contribution in [3.05, 3.63) is 34.3 Å². The molecule has 0 spiro atoms. The van der Waals surface area contributed by atoms with Crippen molar-refractivity contribution in [2.24, 2.45) is 0 Å². The van der Waals surface area contributed by atoms with E-state index < -0.39 is 0 Å². The van der Waals surface area contributed by atoms with Gasteiger partial charge in [-0.2, -0.15) is 0 Å². The summed E-state index contributed by atoms with van der Waals surface area (Å²) in [4.78, 5) is 2.31. The van der Waals surface area contributed by atoms with Gasteiger partial charge in [0, 0.05) is 24.7 Å². The van der Waals surface area contributed by atoms with Crippen molar-refractivity contribution in [3.8, 4) is 0 Å².